The van der Waals surface area contributed by atoms with Crippen LogP contribution in [0.2, 0.25) is 5.02 Å². The van der Waals surface area contributed by atoms with Crippen LogP contribution >= 0.6 is 11.6 Å². The molecule has 0 aliphatic carbocycles. The number of rotatable bonds is 4. The fraction of sp³-hybridized carbons (Fsp3) is 0.316. The summed E-state index contributed by atoms with van der Waals surface area (Å²) in [5.41, 5.74) is 6.15. The predicted octanol–water partition coefficient (Wildman–Crippen LogP) is 2.68. The molecule has 28 heavy (non-hydrogen) atoms. The fourth-order valence-electron chi connectivity index (χ4n) is 3.18. The smallest absolute Gasteiger partial charge is 0.409 e. The minimum Gasteiger partial charge on any atom is -0.409 e. The average Bonchev–Trinajstić information content (AvgIpc) is 2.61. The normalized spacial score (nSPS) is 17.4. The van der Waals surface area contributed by atoms with Gasteiger partial charge in [-0.1, -0.05) is 11.6 Å². The van der Waals surface area contributed by atoms with Gasteiger partial charge in [0.2, 0.25) is 5.91 Å². The van der Waals surface area contributed by atoms with Crippen LogP contribution in [-0.4, -0.2) is 52.5 Å². The molecule has 3 rings (SSSR count). The number of aromatic nitrogens is 1. The lowest BCUT2D eigenvalue weighted by molar-refractivity contribution is 0.0751. The van der Waals surface area contributed by atoms with Gasteiger partial charge in [0.15, 0.2) is 5.75 Å². The summed E-state index contributed by atoms with van der Waals surface area (Å²) in [6, 6.07) is 5.72. The highest BCUT2D eigenvalue weighted by molar-refractivity contribution is 6.30. The molecule has 1 fully saturated rings. The van der Waals surface area contributed by atoms with Gasteiger partial charge in [0.05, 0.1) is 11.8 Å². The second-order valence-electron chi connectivity index (χ2n) is 6.70. The SMILES string of the molecule is C[C@@H]1CN(Cc2cc(F)cc(Cl)c2)CCN1C(=O)Oc1cncc(C(N)=O)c1. The van der Waals surface area contributed by atoms with Crippen LogP contribution in [-0.2, 0) is 6.54 Å². The van der Waals surface area contributed by atoms with Crippen molar-refractivity contribution < 1.29 is 18.7 Å². The number of pyridine rings is 1. The van der Waals surface area contributed by atoms with Crippen molar-refractivity contribution in [3.8, 4) is 5.75 Å². The van der Waals surface area contributed by atoms with E-state index in [1.807, 2.05) is 6.92 Å². The van der Waals surface area contributed by atoms with E-state index < -0.39 is 12.0 Å². The van der Waals surface area contributed by atoms with Gasteiger partial charge >= 0.3 is 6.09 Å². The number of amides is 2. The van der Waals surface area contributed by atoms with Gasteiger partial charge in [-0.3, -0.25) is 14.7 Å². The molecule has 1 aromatic heterocycles. The number of carbonyl (C=O) groups excluding carboxylic acids is 2. The van der Waals surface area contributed by atoms with E-state index in [1.165, 1.54) is 30.6 Å². The molecule has 0 spiro atoms. The first-order valence-electron chi connectivity index (χ1n) is 8.72. The topological polar surface area (TPSA) is 88.8 Å². The molecule has 2 heterocycles. The van der Waals surface area contributed by atoms with Crippen LogP contribution in [0.3, 0.4) is 0 Å². The Hall–Kier alpha value is -2.71. The molecule has 2 aromatic rings. The number of carbonyl (C=O) groups is 2. The van der Waals surface area contributed by atoms with Crippen molar-refractivity contribution in [3.63, 3.8) is 0 Å². The molecule has 1 aromatic carbocycles. The quantitative estimate of drug-likeness (QED) is 0.843. The molecule has 2 amide bonds. The van der Waals surface area contributed by atoms with Crippen molar-refractivity contribution in [2.24, 2.45) is 5.73 Å². The van der Waals surface area contributed by atoms with E-state index in [2.05, 4.69) is 9.88 Å². The van der Waals surface area contributed by atoms with Gasteiger partial charge in [-0.2, -0.15) is 0 Å². The van der Waals surface area contributed by atoms with Gasteiger partial charge in [0, 0.05) is 43.4 Å². The first-order chi connectivity index (χ1) is 13.3. The summed E-state index contributed by atoms with van der Waals surface area (Å²) in [4.78, 5) is 31.3. The molecule has 0 saturated carbocycles. The van der Waals surface area contributed by atoms with Gasteiger partial charge in [0.25, 0.3) is 0 Å². The van der Waals surface area contributed by atoms with E-state index in [0.29, 0.717) is 31.2 Å². The van der Waals surface area contributed by atoms with Crippen LogP contribution in [0.25, 0.3) is 0 Å². The molecule has 9 heteroatoms. The monoisotopic (exact) mass is 406 g/mol. The molecule has 0 unspecified atom stereocenters. The van der Waals surface area contributed by atoms with Gasteiger partial charge in [-0.15, -0.1) is 0 Å². The van der Waals surface area contributed by atoms with Crippen molar-refractivity contribution in [2.45, 2.75) is 19.5 Å². The molecule has 1 aliphatic heterocycles. The fourth-order valence-corrected chi connectivity index (χ4v) is 3.42. The number of hydrogen-bond acceptors (Lipinski definition) is 5. The van der Waals surface area contributed by atoms with Crippen molar-refractivity contribution in [1.29, 1.82) is 0 Å². The Morgan fingerprint density at radius 2 is 2.07 bits per heavy atom. The van der Waals surface area contributed by atoms with Crippen LogP contribution in [0, 0.1) is 5.82 Å². The molecule has 0 bridgehead atoms. The van der Waals surface area contributed by atoms with Gasteiger partial charge < -0.3 is 15.4 Å². The number of ether oxygens (including phenoxy) is 1. The summed E-state index contributed by atoms with van der Waals surface area (Å²) < 4.78 is 18.8. The van der Waals surface area contributed by atoms with Crippen LogP contribution in [0.5, 0.6) is 5.75 Å². The highest BCUT2D eigenvalue weighted by Crippen LogP contribution is 2.19. The summed E-state index contributed by atoms with van der Waals surface area (Å²) >= 11 is 5.91. The van der Waals surface area contributed by atoms with Crippen molar-refractivity contribution in [2.75, 3.05) is 19.6 Å². The molecule has 2 N–H and O–H groups in total. The van der Waals surface area contributed by atoms with Crippen LogP contribution in [0.15, 0.2) is 36.7 Å². The molecule has 1 aliphatic rings. The zero-order valence-electron chi connectivity index (χ0n) is 15.3. The van der Waals surface area contributed by atoms with E-state index in [9.17, 15) is 14.0 Å². The van der Waals surface area contributed by atoms with Crippen molar-refractivity contribution in [1.82, 2.24) is 14.8 Å². The average molecular weight is 407 g/mol. The molecule has 0 radical (unpaired) electrons. The number of hydrogen-bond donors (Lipinski definition) is 1. The molecule has 7 nitrogen and oxygen atoms in total. The third-order valence-electron chi connectivity index (χ3n) is 4.48. The number of benzene rings is 1. The molecular formula is C19H20ClFN4O3. The van der Waals surface area contributed by atoms with Gasteiger partial charge in [0.1, 0.15) is 5.82 Å². The van der Waals surface area contributed by atoms with Gasteiger partial charge in [-0.05, 0) is 36.8 Å². The lowest BCUT2D eigenvalue weighted by Gasteiger charge is -2.39. The third-order valence-corrected chi connectivity index (χ3v) is 4.70. The number of piperazine rings is 1. The lowest BCUT2D eigenvalue weighted by atomic mass is 10.1. The highest BCUT2D eigenvalue weighted by atomic mass is 35.5. The molecule has 1 saturated heterocycles. The molecular weight excluding hydrogens is 387 g/mol. The Morgan fingerprint density at radius 3 is 2.75 bits per heavy atom. The maximum atomic E-state index is 13.5. The summed E-state index contributed by atoms with van der Waals surface area (Å²) in [7, 11) is 0. The van der Waals surface area contributed by atoms with E-state index in [0.717, 1.165) is 5.56 Å². The van der Waals surface area contributed by atoms with E-state index in [1.54, 1.807) is 11.0 Å². The van der Waals surface area contributed by atoms with Gasteiger partial charge in [-0.25, -0.2) is 9.18 Å². The van der Waals surface area contributed by atoms with E-state index in [4.69, 9.17) is 22.1 Å². The Kier molecular flexibility index (Phi) is 6.11. The largest absolute Gasteiger partial charge is 0.415 e. The van der Waals surface area contributed by atoms with Crippen LogP contribution in [0.1, 0.15) is 22.8 Å². The molecule has 148 valence electrons. The summed E-state index contributed by atoms with van der Waals surface area (Å²) in [5.74, 6) is -0.861. The maximum Gasteiger partial charge on any atom is 0.415 e. The molecule has 1 atom stereocenters. The van der Waals surface area contributed by atoms with Crippen molar-refractivity contribution >= 4 is 23.6 Å². The Bertz CT molecular complexity index is 875. The second kappa shape index (κ2) is 8.53. The zero-order valence-corrected chi connectivity index (χ0v) is 16.0. The maximum absolute atomic E-state index is 13.5. The predicted molar refractivity (Wildman–Crippen MR) is 102 cm³/mol. The first kappa shape index (κ1) is 20.0. The highest BCUT2D eigenvalue weighted by Gasteiger charge is 2.29. The lowest BCUT2D eigenvalue weighted by Crippen LogP contribution is -2.54. The summed E-state index contributed by atoms with van der Waals surface area (Å²) in [6.45, 7) is 4.10. The van der Waals surface area contributed by atoms with Crippen LogP contribution in [0.4, 0.5) is 9.18 Å². The minimum absolute atomic E-state index is 0.113. The van der Waals surface area contributed by atoms with E-state index in [-0.39, 0.29) is 23.2 Å². The Labute approximate surface area is 166 Å². The van der Waals surface area contributed by atoms with E-state index >= 15 is 0 Å². The number of halogens is 2. The minimum atomic E-state index is -0.648. The Balaban J connectivity index is 1.59. The number of nitrogens with zero attached hydrogens (tertiary/aromatic N) is 3. The summed E-state index contributed by atoms with van der Waals surface area (Å²) in [6.07, 6.45) is 2.13. The number of nitrogens with two attached hydrogens (primary N) is 1. The zero-order chi connectivity index (χ0) is 20.3. The number of primary amides is 1. The third kappa shape index (κ3) is 4.96. The standard InChI is InChI=1S/C19H20ClFN4O3/c1-12-10-24(11-13-4-15(20)7-16(21)5-13)2-3-25(12)19(27)28-17-6-14(18(22)26)8-23-9-17/h4-9,12H,2-3,10-11H2,1H3,(H2,22,26)/t12-/m1/s1. The first-order valence-corrected chi connectivity index (χ1v) is 9.10. The second-order valence-corrected chi connectivity index (χ2v) is 7.13. The van der Waals surface area contributed by atoms with Crippen molar-refractivity contribution in [3.05, 3.63) is 58.6 Å². The Morgan fingerprint density at radius 1 is 1.29 bits per heavy atom. The van der Waals surface area contributed by atoms with Crippen LogP contribution < -0.4 is 10.5 Å². The summed E-state index contributed by atoms with van der Waals surface area (Å²) in [5, 5.41) is 0.358.